The molecule has 0 aromatic heterocycles. The lowest BCUT2D eigenvalue weighted by Gasteiger charge is -2.14. The second-order valence-electron chi connectivity index (χ2n) is 7.31. The maximum atomic E-state index is 12.0. The van der Waals surface area contributed by atoms with Crippen LogP contribution in [0.3, 0.4) is 0 Å². The molecule has 0 radical (unpaired) electrons. The number of esters is 1. The topological polar surface area (TPSA) is 63.6 Å². The average Bonchev–Trinajstić information content (AvgIpc) is 2.89. The molecule has 0 saturated carbocycles. The summed E-state index contributed by atoms with van der Waals surface area (Å²) in [7, 11) is 0. The van der Waals surface area contributed by atoms with Crippen molar-refractivity contribution in [3.63, 3.8) is 0 Å². The van der Waals surface area contributed by atoms with E-state index in [0.29, 0.717) is 19.3 Å². The molecule has 1 fully saturated rings. The van der Waals surface area contributed by atoms with E-state index < -0.39 is 11.9 Å². The molecule has 0 aromatic rings. The number of hydrogen-bond acceptors (Lipinski definition) is 3. The van der Waals surface area contributed by atoms with Gasteiger partial charge >= 0.3 is 11.9 Å². The molecule has 0 bridgehead atoms. The van der Waals surface area contributed by atoms with E-state index in [1.165, 1.54) is 32.1 Å². The zero-order valence-corrected chi connectivity index (χ0v) is 15.6. The number of unbranched alkanes of at least 4 members (excludes halogenated alkanes) is 7. The number of aliphatic carboxylic acids is 1. The van der Waals surface area contributed by atoms with Crippen LogP contribution in [0.2, 0.25) is 0 Å². The summed E-state index contributed by atoms with van der Waals surface area (Å²) in [5.74, 6) is -1.55. The van der Waals surface area contributed by atoms with E-state index in [1.807, 2.05) is 0 Å². The Kier molecular flexibility index (Phi) is 10.8. The number of carboxylic acid groups (broad SMARTS) is 1. The van der Waals surface area contributed by atoms with Crippen LogP contribution in [0.25, 0.3) is 0 Å². The monoisotopic (exact) mass is 340 g/mol. The minimum Gasteiger partial charge on any atom is -0.481 e. The molecule has 3 atom stereocenters. The Labute approximate surface area is 147 Å². The van der Waals surface area contributed by atoms with Gasteiger partial charge in [0.25, 0.3) is 0 Å². The normalized spacial score (nSPS) is 21.7. The summed E-state index contributed by atoms with van der Waals surface area (Å²) in [6.45, 7) is 4.32. The molecule has 0 amide bonds. The Morgan fingerprint density at radius 1 is 1.08 bits per heavy atom. The summed E-state index contributed by atoms with van der Waals surface area (Å²) >= 11 is 0. The van der Waals surface area contributed by atoms with E-state index in [9.17, 15) is 14.7 Å². The van der Waals surface area contributed by atoms with Gasteiger partial charge < -0.3 is 9.84 Å². The number of carbonyl (C=O) groups excluding carboxylic acids is 1. The smallest absolute Gasteiger partial charge is 0.309 e. The molecule has 1 aliphatic heterocycles. The highest BCUT2D eigenvalue weighted by atomic mass is 16.5. The predicted molar refractivity (Wildman–Crippen MR) is 95.9 cm³/mol. The maximum absolute atomic E-state index is 12.0. The lowest BCUT2D eigenvalue weighted by Crippen LogP contribution is -2.20. The molecule has 3 unspecified atom stereocenters. The van der Waals surface area contributed by atoms with Crippen molar-refractivity contribution < 1.29 is 19.4 Å². The maximum Gasteiger partial charge on any atom is 0.309 e. The molecule has 1 saturated heterocycles. The van der Waals surface area contributed by atoms with Gasteiger partial charge in [0, 0.05) is 0 Å². The van der Waals surface area contributed by atoms with Crippen molar-refractivity contribution in [3.8, 4) is 0 Å². The summed E-state index contributed by atoms with van der Waals surface area (Å²) < 4.78 is 5.48. The van der Waals surface area contributed by atoms with Gasteiger partial charge in [0.1, 0.15) is 6.10 Å². The minimum absolute atomic E-state index is 0.0127. The summed E-state index contributed by atoms with van der Waals surface area (Å²) in [6.07, 6.45) is 13.3. The van der Waals surface area contributed by atoms with Crippen molar-refractivity contribution in [2.75, 3.05) is 0 Å². The van der Waals surface area contributed by atoms with Crippen LogP contribution in [-0.2, 0) is 14.3 Å². The van der Waals surface area contributed by atoms with Gasteiger partial charge in [-0.2, -0.15) is 0 Å². The van der Waals surface area contributed by atoms with Gasteiger partial charge in [0.2, 0.25) is 0 Å². The van der Waals surface area contributed by atoms with Crippen molar-refractivity contribution >= 4 is 11.9 Å². The predicted octanol–water partition coefficient (Wildman–Crippen LogP) is 5.34. The third-order valence-corrected chi connectivity index (χ3v) is 5.12. The second-order valence-corrected chi connectivity index (χ2v) is 7.31. The summed E-state index contributed by atoms with van der Waals surface area (Å²) in [5, 5.41) is 9.38. The first-order valence-corrected chi connectivity index (χ1v) is 10.0. The highest BCUT2D eigenvalue weighted by Gasteiger charge is 2.36. The van der Waals surface area contributed by atoms with Crippen molar-refractivity contribution in [2.24, 2.45) is 11.8 Å². The Bertz CT molecular complexity index is 367. The number of ether oxygens (including phenoxy) is 1. The van der Waals surface area contributed by atoms with Crippen LogP contribution in [0.1, 0.15) is 97.3 Å². The fourth-order valence-corrected chi connectivity index (χ4v) is 3.57. The largest absolute Gasteiger partial charge is 0.481 e. The number of carbonyl (C=O) groups is 2. The fourth-order valence-electron chi connectivity index (χ4n) is 3.57. The lowest BCUT2D eigenvalue weighted by molar-refractivity contribution is -0.146. The van der Waals surface area contributed by atoms with Crippen LogP contribution in [0.5, 0.6) is 0 Å². The zero-order chi connectivity index (χ0) is 17.8. The van der Waals surface area contributed by atoms with E-state index in [1.54, 1.807) is 0 Å². The van der Waals surface area contributed by atoms with Crippen molar-refractivity contribution in [1.82, 2.24) is 0 Å². The minimum atomic E-state index is -0.765. The van der Waals surface area contributed by atoms with Crippen LogP contribution in [-0.4, -0.2) is 23.1 Å². The first kappa shape index (κ1) is 21.0. The van der Waals surface area contributed by atoms with Gasteiger partial charge in [-0.05, 0) is 32.1 Å². The molecule has 0 aliphatic carbocycles. The van der Waals surface area contributed by atoms with Crippen molar-refractivity contribution in [3.05, 3.63) is 0 Å². The van der Waals surface area contributed by atoms with Crippen LogP contribution >= 0.6 is 0 Å². The number of rotatable bonds is 14. The fraction of sp³-hybridized carbons (Fsp3) is 0.900. The first-order chi connectivity index (χ1) is 11.6. The van der Waals surface area contributed by atoms with Gasteiger partial charge in [-0.15, -0.1) is 0 Å². The molecule has 0 spiro atoms. The summed E-state index contributed by atoms with van der Waals surface area (Å²) in [5.41, 5.74) is 0. The molecule has 4 nitrogen and oxygen atoms in total. The van der Waals surface area contributed by atoms with Gasteiger partial charge in [-0.1, -0.05) is 65.2 Å². The third kappa shape index (κ3) is 8.16. The van der Waals surface area contributed by atoms with Gasteiger partial charge in [-0.3, -0.25) is 9.59 Å². The highest BCUT2D eigenvalue weighted by Crippen LogP contribution is 2.31. The Morgan fingerprint density at radius 2 is 1.71 bits per heavy atom. The van der Waals surface area contributed by atoms with Crippen LogP contribution in [0.4, 0.5) is 0 Å². The van der Waals surface area contributed by atoms with E-state index >= 15 is 0 Å². The molecular formula is C20H36O4. The lowest BCUT2D eigenvalue weighted by atomic mass is 9.88. The van der Waals surface area contributed by atoms with Gasteiger partial charge in [-0.25, -0.2) is 0 Å². The van der Waals surface area contributed by atoms with E-state index in [2.05, 4.69) is 13.8 Å². The Hall–Kier alpha value is -1.06. The molecule has 1 rings (SSSR count). The standard InChI is InChI=1S/C20H36O4/c1-3-5-7-8-9-11-13-18-15-17(20(23)24-18)14-16(19(21)22)12-10-6-4-2/h16-18H,3-15H2,1-2H3,(H,21,22). The zero-order valence-electron chi connectivity index (χ0n) is 15.6. The van der Waals surface area contributed by atoms with E-state index in [0.717, 1.165) is 32.1 Å². The third-order valence-electron chi connectivity index (χ3n) is 5.12. The average molecular weight is 341 g/mol. The molecule has 1 heterocycles. The SMILES string of the molecule is CCCCCCCCC1CC(CC(CCCCC)C(=O)O)C(=O)O1. The van der Waals surface area contributed by atoms with E-state index in [4.69, 9.17) is 4.74 Å². The number of cyclic esters (lactones) is 1. The molecule has 4 heteroatoms. The Morgan fingerprint density at radius 3 is 2.38 bits per heavy atom. The number of hydrogen-bond donors (Lipinski definition) is 1. The summed E-state index contributed by atoms with van der Waals surface area (Å²) in [4.78, 5) is 23.4. The molecule has 24 heavy (non-hydrogen) atoms. The van der Waals surface area contributed by atoms with Gasteiger partial charge in [0.05, 0.1) is 11.8 Å². The van der Waals surface area contributed by atoms with E-state index in [-0.39, 0.29) is 18.0 Å². The summed E-state index contributed by atoms with van der Waals surface area (Å²) in [6, 6.07) is 0. The quantitative estimate of drug-likeness (QED) is 0.342. The molecule has 1 N–H and O–H groups in total. The van der Waals surface area contributed by atoms with Crippen molar-refractivity contribution in [1.29, 1.82) is 0 Å². The second kappa shape index (κ2) is 12.3. The van der Waals surface area contributed by atoms with Crippen LogP contribution < -0.4 is 0 Å². The molecule has 1 aliphatic rings. The number of carboxylic acids is 1. The van der Waals surface area contributed by atoms with Crippen LogP contribution in [0.15, 0.2) is 0 Å². The van der Waals surface area contributed by atoms with Crippen molar-refractivity contribution in [2.45, 2.75) is 103 Å². The molecule has 140 valence electrons. The van der Waals surface area contributed by atoms with Gasteiger partial charge in [0.15, 0.2) is 0 Å². The first-order valence-electron chi connectivity index (χ1n) is 10.0. The Balaban J connectivity index is 2.28. The molecule has 0 aromatic carbocycles. The highest BCUT2D eigenvalue weighted by molar-refractivity contribution is 5.76. The van der Waals surface area contributed by atoms with Crippen LogP contribution in [0, 0.1) is 11.8 Å². The molecular weight excluding hydrogens is 304 g/mol.